The summed E-state index contributed by atoms with van der Waals surface area (Å²) in [7, 11) is 1.55. The Labute approximate surface area is 101 Å². The topological polar surface area (TPSA) is 46.6 Å². The highest BCUT2D eigenvalue weighted by Gasteiger charge is 2.35. The SMILES string of the molecule is COc1ccc2c(c1)N(CCBr)C(=O)C2=O. The zero-order valence-corrected chi connectivity index (χ0v) is 10.3. The van der Waals surface area contributed by atoms with Gasteiger partial charge in [0.25, 0.3) is 11.7 Å². The van der Waals surface area contributed by atoms with E-state index in [1.54, 1.807) is 25.3 Å². The number of benzene rings is 1. The summed E-state index contributed by atoms with van der Waals surface area (Å²) in [4.78, 5) is 24.8. The number of hydrogen-bond acceptors (Lipinski definition) is 3. The molecule has 0 bridgehead atoms. The van der Waals surface area contributed by atoms with E-state index in [4.69, 9.17) is 4.74 Å². The van der Waals surface area contributed by atoms with Gasteiger partial charge in [0, 0.05) is 17.9 Å². The monoisotopic (exact) mass is 283 g/mol. The molecule has 0 unspecified atom stereocenters. The average molecular weight is 284 g/mol. The molecule has 1 aliphatic rings. The Bertz CT molecular complexity index is 459. The van der Waals surface area contributed by atoms with Gasteiger partial charge in [-0.25, -0.2) is 0 Å². The van der Waals surface area contributed by atoms with Crippen molar-refractivity contribution in [3.05, 3.63) is 23.8 Å². The molecule has 1 aromatic carbocycles. The Kier molecular flexibility index (Phi) is 2.96. The van der Waals surface area contributed by atoms with Gasteiger partial charge in [0.05, 0.1) is 18.4 Å². The zero-order valence-electron chi connectivity index (χ0n) is 8.70. The van der Waals surface area contributed by atoms with Gasteiger partial charge in [0.2, 0.25) is 0 Å². The minimum atomic E-state index is -0.470. The lowest BCUT2D eigenvalue weighted by atomic mass is 10.1. The third-order valence-electron chi connectivity index (χ3n) is 2.49. The minimum absolute atomic E-state index is 0.446. The third kappa shape index (κ3) is 1.61. The number of carbonyl (C=O) groups excluding carboxylic acids is 2. The number of halogens is 1. The molecule has 0 fully saturated rings. The van der Waals surface area contributed by atoms with Crippen LogP contribution in [0.25, 0.3) is 0 Å². The van der Waals surface area contributed by atoms with Gasteiger partial charge >= 0.3 is 0 Å². The first-order chi connectivity index (χ1) is 7.69. The number of alkyl halides is 1. The molecule has 1 amide bonds. The zero-order chi connectivity index (χ0) is 11.7. The normalized spacial score (nSPS) is 14.2. The van der Waals surface area contributed by atoms with Crippen molar-refractivity contribution in [2.75, 3.05) is 23.9 Å². The van der Waals surface area contributed by atoms with E-state index in [0.29, 0.717) is 28.9 Å². The molecule has 0 N–H and O–H groups in total. The molecule has 1 aliphatic heterocycles. The van der Waals surface area contributed by atoms with Gasteiger partial charge in [-0.3, -0.25) is 9.59 Å². The Hall–Kier alpha value is -1.36. The first-order valence-electron chi connectivity index (χ1n) is 4.79. The molecule has 1 heterocycles. The second kappa shape index (κ2) is 4.25. The Morgan fingerprint density at radius 1 is 1.38 bits per heavy atom. The highest BCUT2D eigenvalue weighted by Crippen LogP contribution is 2.32. The van der Waals surface area contributed by atoms with Crippen molar-refractivity contribution in [2.24, 2.45) is 0 Å². The summed E-state index contributed by atoms with van der Waals surface area (Å²) >= 11 is 3.26. The van der Waals surface area contributed by atoms with E-state index in [1.165, 1.54) is 4.90 Å². The maximum Gasteiger partial charge on any atom is 0.299 e. The second-order valence-corrected chi connectivity index (χ2v) is 4.15. The van der Waals surface area contributed by atoms with E-state index in [0.717, 1.165) is 0 Å². The second-order valence-electron chi connectivity index (χ2n) is 3.36. The molecule has 0 aromatic heterocycles. The van der Waals surface area contributed by atoms with Crippen LogP contribution in [0.2, 0.25) is 0 Å². The van der Waals surface area contributed by atoms with Crippen molar-refractivity contribution in [3.63, 3.8) is 0 Å². The first-order valence-corrected chi connectivity index (χ1v) is 5.91. The summed E-state index contributed by atoms with van der Waals surface area (Å²) in [6.45, 7) is 0.477. The molecular formula is C11H10BrNO3. The molecule has 0 aliphatic carbocycles. The molecular weight excluding hydrogens is 274 g/mol. The molecule has 0 saturated heterocycles. The summed E-state index contributed by atoms with van der Waals surface area (Å²) in [6, 6.07) is 5.02. The van der Waals surface area contributed by atoms with Crippen LogP contribution >= 0.6 is 15.9 Å². The Morgan fingerprint density at radius 2 is 2.12 bits per heavy atom. The molecule has 0 spiro atoms. The number of ether oxygens (including phenoxy) is 1. The summed E-state index contributed by atoms with van der Waals surface area (Å²) < 4.78 is 5.08. The van der Waals surface area contributed by atoms with E-state index in [1.807, 2.05) is 0 Å². The number of methoxy groups -OCH3 is 1. The van der Waals surface area contributed by atoms with E-state index < -0.39 is 11.7 Å². The molecule has 84 valence electrons. The molecule has 0 saturated carbocycles. The van der Waals surface area contributed by atoms with Gasteiger partial charge in [-0.15, -0.1) is 0 Å². The molecule has 2 rings (SSSR count). The predicted molar refractivity (Wildman–Crippen MR) is 63.5 cm³/mol. The van der Waals surface area contributed by atoms with Crippen molar-refractivity contribution in [2.45, 2.75) is 0 Å². The van der Waals surface area contributed by atoms with Crippen LogP contribution in [0.4, 0.5) is 5.69 Å². The summed E-state index contributed by atoms with van der Waals surface area (Å²) in [5, 5.41) is 0.628. The van der Waals surface area contributed by atoms with Crippen LogP contribution in [0.1, 0.15) is 10.4 Å². The number of hydrogen-bond donors (Lipinski definition) is 0. The summed E-state index contributed by atoms with van der Waals surface area (Å²) in [5.74, 6) is -0.276. The third-order valence-corrected chi connectivity index (χ3v) is 2.84. The lowest BCUT2D eigenvalue weighted by molar-refractivity contribution is -0.114. The van der Waals surface area contributed by atoms with Crippen molar-refractivity contribution in [3.8, 4) is 5.75 Å². The van der Waals surface area contributed by atoms with Gasteiger partial charge in [-0.05, 0) is 12.1 Å². The fourth-order valence-electron chi connectivity index (χ4n) is 1.71. The van der Waals surface area contributed by atoms with Gasteiger partial charge in [0.15, 0.2) is 0 Å². The number of ketones is 1. The van der Waals surface area contributed by atoms with Crippen LogP contribution in [-0.2, 0) is 4.79 Å². The van der Waals surface area contributed by atoms with Gasteiger partial charge in [-0.1, -0.05) is 15.9 Å². The number of anilines is 1. The molecule has 0 radical (unpaired) electrons. The molecule has 5 heteroatoms. The average Bonchev–Trinajstić information content (AvgIpc) is 2.54. The highest BCUT2D eigenvalue weighted by atomic mass is 79.9. The quantitative estimate of drug-likeness (QED) is 0.626. The number of nitrogens with zero attached hydrogens (tertiary/aromatic N) is 1. The predicted octanol–water partition coefficient (Wildman–Crippen LogP) is 1.62. The fourth-order valence-corrected chi connectivity index (χ4v) is 2.06. The summed E-state index contributed by atoms with van der Waals surface area (Å²) in [5.41, 5.74) is 1.08. The van der Waals surface area contributed by atoms with E-state index in [9.17, 15) is 9.59 Å². The van der Waals surface area contributed by atoms with Crippen LogP contribution in [0, 0.1) is 0 Å². The van der Waals surface area contributed by atoms with Crippen LogP contribution in [-0.4, -0.2) is 30.7 Å². The number of amides is 1. The van der Waals surface area contributed by atoms with E-state index in [2.05, 4.69) is 15.9 Å². The number of fused-ring (bicyclic) bond motifs is 1. The minimum Gasteiger partial charge on any atom is -0.497 e. The number of carbonyl (C=O) groups is 2. The number of rotatable bonds is 3. The Balaban J connectivity index is 2.48. The van der Waals surface area contributed by atoms with Crippen LogP contribution in [0.5, 0.6) is 5.75 Å². The van der Waals surface area contributed by atoms with E-state index in [-0.39, 0.29) is 0 Å². The molecule has 16 heavy (non-hydrogen) atoms. The lowest BCUT2D eigenvalue weighted by Gasteiger charge is -2.15. The summed E-state index contributed by atoms with van der Waals surface area (Å²) in [6.07, 6.45) is 0. The van der Waals surface area contributed by atoms with Crippen molar-refractivity contribution >= 4 is 33.3 Å². The fraction of sp³-hybridized carbons (Fsp3) is 0.273. The van der Waals surface area contributed by atoms with Gasteiger partial charge in [0.1, 0.15) is 5.75 Å². The van der Waals surface area contributed by atoms with Gasteiger partial charge in [-0.2, -0.15) is 0 Å². The molecule has 1 aromatic rings. The smallest absolute Gasteiger partial charge is 0.299 e. The van der Waals surface area contributed by atoms with Gasteiger partial charge < -0.3 is 9.64 Å². The van der Waals surface area contributed by atoms with Crippen LogP contribution in [0.3, 0.4) is 0 Å². The maximum atomic E-state index is 11.7. The maximum absolute atomic E-state index is 11.7. The molecule has 0 atom stereocenters. The number of Topliss-reactive ketones (excluding diaryl/α,β-unsaturated/α-hetero) is 1. The molecule has 4 nitrogen and oxygen atoms in total. The Morgan fingerprint density at radius 3 is 2.75 bits per heavy atom. The standard InChI is InChI=1S/C11H10BrNO3/c1-16-7-2-3-8-9(6-7)13(5-4-12)11(15)10(8)14/h2-3,6H,4-5H2,1H3. The lowest BCUT2D eigenvalue weighted by Crippen LogP contribution is -2.31. The van der Waals surface area contributed by atoms with Crippen molar-refractivity contribution < 1.29 is 14.3 Å². The van der Waals surface area contributed by atoms with Crippen LogP contribution < -0.4 is 9.64 Å². The first kappa shape index (κ1) is 11.1. The van der Waals surface area contributed by atoms with Crippen LogP contribution in [0.15, 0.2) is 18.2 Å². The highest BCUT2D eigenvalue weighted by molar-refractivity contribution is 9.09. The largest absolute Gasteiger partial charge is 0.497 e. The van der Waals surface area contributed by atoms with Crippen molar-refractivity contribution in [1.82, 2.24) is 0 Å². The van der Waals surface area contributed by atoms with E-state index >= 15 is 0 Å². The van der Waals surface area contributed by atoms with Crippen molar-refractivity contribution in [1.29, 1.82) is 0 Å².